The zero-order valence-electron chi connectivity index (χ0n) is 29.1. The number of rotatable bonds is 6. The summed E-state index contributed by atoms with van der Waals surface area (Å²) in [7, 11) is 0. The fourth-order valence-electron chi connectivity index (χ4n) is 7.08. The van der Waals surface area contributed by atoms with Crippen molar-refractivity contribution in [3.05, 3.63) is 188 Å². The molecule has 5 heteroatoms. The Balaban J connectivity index is 0.987. The van der Waals surface area contributed by atoms with Gasteiger partial charge in [0.05, 0.1) is 0 Å². The molecule has 1 aromatic heterocycles. The minimum atomic E-state index is 0.626. The molecule has 0 fully saturated rings. The fraction of sp³-hybridized carbons (Fsp3) is 0. The van der Waals surface area contributed by atoms with Gasteiger partial charge in [-0.1, -0.05) is 158 Å². The van der Waals surface area contributed by atoms with E-state index in [-0.39, 0.29) is 0 Å². The Morgan fingerprint density at radius 3 is 1.39 bits per heavy atom. The third kappa shape index (κ3) is 5.84. The van der Waals surface area contributed by atoms with E-state index in [2.05, 4.69) is 97.1 Å². The molecule has 0 N–H and O–H groups in total. The highest BCUT2D eigenvalue weighted by molar-refractivity contribution is 5.92. The zero-order chi connectivity index (χ0) is 35.8. The molecular formula is C49H31N3O2. The van der Waals surface area contributed by atoms with E-state index in [9.17, 15) is 0 Å². The highest BCUT2D eigenvalue weighted by atomic mass is 16.6. The summed E-state index contributed by atoms with van der Waals surface area (Å²) in [6, 6.07) is 64.1. The van der Waals surface area contributed by atoms with E-state index in [1.807, 2.05) is 91.0 Å². The van der Waals surface area contributed by atoms with E-state index in [1.165, 1.54) is 0 Å². The minimum Gasteiger partial charge on any atom is -0.449 e. The van der Waals surface area contributed by atoms with Crippen molar-refractivity contribution in [1.82, 2.24) is 15.0 Å². The van der Waals surface area contributed by atoms with Crippen LogP contribution in [0.2, 0.25) is 0 Å². The number of nitrogens with zero attached hydrogens (tertiary/aromatic N) is 3. The van der Waals surface area contributed by atoms with Crippen molar-refractivity contribution >= 4 is 10.8 Å². The molecule has 2 heterocycles. The van der Waals surface area contributed by atoms with Crippen LogP contribution in [0.5, 0.6) is 23.0 Å². The minimum absolute atomic E-state index is 0.626. The summed E-state index contributed by atoms with van der Waals surface area (Å²) in [5.74, 6) is 4.78. The molecule has 0 radical (unpaired) electrons. The van der Waals surface area contributed by atoms with Gasteiger partial charge < -0.3 is 9.47 Å². The standard InChI is InChI=1S/C49H31N3O2/c1-3-14-33(15-4-1)47-50-48(34-16-5-2-6-17-34)52-49(51-47)40-23-11-21-38(31-40)36-19-9-18-35(29-36)37-20-10-22-39(30-37)42-25-12-26-43-46(42)54-44-28-27-32-13-7-8-24-41(32)45(44)53-43/h1-31H. The van der Waals surface area contributed by atoms with E-state index in [0.717, 1.165) is 66.6 Å². The Morgan fingerprint density at radius 1 is 0.296 bits per heavy atom. The topological polar surface area (TPSA) is 57.1 Å². The van der Waals surface area contributed by atoms with E-state index in [0.29, 0.717) is 34.7 Å². The van der Waals surface area contributed by atoms with Gasteiger partial charge in [-0.2, -0.15) is 0 Å². The zero-order valence-corrected chi connectivity index (χ0v) is 29.1. The van der Waals surface area contributed by atoms with Gasteiger partial charge in [0.1, 0.15) is 0 Å². The Kier molecular flexibility index (Phi) is 7.73. The quantitative estimate of drug-likeness (QED) is 0.173. The van der Waals surface area contributed by atoms with Crippen molar-refractivity contribution in [3.63, 3.8) is 0 Å². The van der Waals surface area contributed by atoms with Crippen molar-refractivity contribution in [2.45, 2.75) is 0 Å². The lowest BCUT2D eigenvalue weighted by atomic mass is 9.95. The van der Waals surface area contributed by atoms with E-state index in [4.69, 9.17) is 24.4 Å². The predicted octanol–water partition coefficient (Wildman–Crippen LogP) is 12.9. The van der Waals surface area contributed by atoms with Gasteiger partial charge in [-0.25, -0.2) is 15.0 Å². The molecule has 0 amide bonds. The van der Waals surface area contributed by atoms with Gasteiger partial charge in [0.2, 0.25) is 0 Å². The summed E-state index contributed by atoms with van der Waals surface area (Å²) < 4.78 is 13.1. The van der Waals surface area contributed by atoms with Gasteiger partial charge >= 0.3 is 0 Å². The lowest BCUT2D eigenvalue weighted by Crippen LogP contribution is -2.01. The van der Waals surface area contributed by atoms with Crippen LogP contribution < -0.4 is 9.47 Å². The summed E-state index contributed by atoms with van der Waals surface area (Å²) in [4.78, 5) is 14.8. The van der Waals surface area contributed by atoms with Crippen LogP contribution in [0.4, 0.5) is 0 Å². The SMILES string of the molecule is c1ccc(-c2nc(-c3ccccc3)nc(-c3cccc(-c4cccc(-c5cccc(-c6cccc7c6Oc6ccc8ccccc8c6O7)c5)c4)c3)n2)cc1. The second-order valence-corrected chi connectivity index (χ2v) is 13.2. The Hall–Kier alpha value is -7.37. The maximum atomic E-state index is 6.57. The van der Waals surface area contributed by atoms with Crippen molar-refractivity contribution in [2.75, 3.05) is 0 Å². The third-order valence-electron chi connectivity index (χ3n) is 9.77. The summed E-state index contributed by atoms with van der Waals surface area (Å²) in [6.45, 7) is 0. The first-order chi connectivity index (χ1) is 26.7. The molecule has 0 bridgehead atoms. The second kappa shape index (κ2) is 13.3. The maximum absolute atomic E-state index is 6.57. The number of hydrogen-bond donors (Lipinski definition) is 0. The third-order valence-corrected chi connectivity index (χ3v) is 9.77. The summed E-state index contributed by atoms with van der Waals surface area (Å²) in [5.41, 5.74) is 9.20. The van der Waals surface area contributed by atoms with Crippen LogP contribution in [0.3, 0.4) is 0 Å². The Bertz CT molecular complexity index is 2780. The molecule has 5 nitrogen and oxygen atoms in total. The molecule has 8 aromatic carbocycles. The fourth-order valence-corrected chi connectivity index (χ4v) is 7.08. The molecular weight excluding hydrogens is 663 g/mol. The number of aromatic nitrogens is 3. The van der Waals surface area contributed by atoms with Gasteiger partial charge in [0.15, 0.2) is 40.5 Å². The second-order valence-electron chi connectivity index (χ2n) is 13.2. The van der Waals surface area contributed by atoms with Crippen molar-refractivity contribution in [2.24, 2.45) is 0 Å². The van der Waals surface area contributed by atoms with Crippen molar-refractivity contribution in [1.29, 1.82) is 0 Å². The monoisotopic (exact) mass is 693 g/mol. The van der Waals surface area contributed by atoms with E-state index < -0.39 is 0 Å². The van der Waals surface area contributed by atoms with Gasteiger partial charge in [-0.05, 0) is 63.5 Å². The average molecular weight is 694 g/mol. The number of hydrogen-bond acceptors (Lipinski definition) is 5. The van der Waals surface area contributed by atoms with Crippen LogP contribution in [0.1, 0.15) is 0 Å². The van der Waals surface area contributed by atoms with Crippen molar-refractivity contribution in [3.8, 4) is 90.5 Å². The summed E-state index contributed by atoms with van der Waals surface area (Å²) >= 11 is 0. The van der Waals surface area contributed by atoms with E-state index in [1.54, 1.807) is 0 Å². The van der Waals surface area contributed by atoms with Gasteiger partial charge in [0, 0.05) is 27.6 Å². The molecule has 1 aliphatic heterocycles. The largest absolute Gasteiger partial charge is 0.449 e. The molecule has 9 aromatic rings. The lowest BCUT2D eigenvalue weighted by Gasteiger charge is -2.24. The first kappa shape index (κ1) is 31.4. The Labute approximate surface area is 312 Å². The molecule has 0 atom stereocenters. The van der Waals surface area contributed by atoms with Crippen LogP contribution >= 0.6 is 0 Å². The maximum Gasteiger partial charge on any atom is 0.177 e. The number of ether oxygens (including phenoxy) is 2. The van der Waals surface area contributed by atoms with Crippen molar-refractivity contribution < 1.29 is 9.47 Å². The molecule has 0 aliphatic carbocycles. The highest BCUT2D eigenvalue weighted by Crippen LogP contribution is 2.52. The molecule has 10 rings (SSSR count). The molecule has 54 heavy (non-hydrogen) atoms. The first-order valence-corrected chi connectivity index (χ1v) is 17.9. The molecule has 1 aliphatic rings. The molecule has 0 saturated carbocycles. The summed E-state index contributed by atoms with van der Waals surface area (Å²) in [5, 5.41) is 2.14. The molecule has 0 saturated heterocycles. The van der Waals surface area contributed by atoms with Crippen LogP contribution in [0, 0.1) is 0 Å². The number of fused-ring (bicyclic) bond motifs is 4. The molecule has 0 unspecified atom stereocenters. The summed E-state index contributed by atoms with van der Waals surface area (Å²) in [6.07, 6.45) is 0. The normalized spacial score (nSPS) is 11.6. The van der Waals surface area contributed by atoms with Gasteiger partial charge in [-0.15, -0.1) is 0 Å². The van der Waals surface area contributed by atoms with Gasteiger partial charge in [-0.3, -0.25) is 0 Å². The Morgan fingerprint density at radius 2 is 0.741 bits per heavy atom. The smallest absolute Gasteiger partial charge is 0.177 e. The van der Waals surface area contributed by atoms with Crippen LogP contribution in [0.25, 0.3) is 78.3 Å². The predicted molar refractivity (Wildman–Crippen MR) is 217 cm³/mol. The average Bonchev–Trinajstić information content (AvgIpc) is 3.26. The number of para-hydroxylation sites is 1. The highest BCUT2D eigenvalue weighted by Gasteiger charge is 2.24. The lowest BCUT2D eigenvalue weighted by molar-refractivity contribution is 0.364. The molecule has 0 spiro atoms. The van der Waals surface area contributed by atoms with Crippen LogP contribution in [-0.4, -0.2) is 15.0 Å². The van der Waals surface area contributed by atoms with E-state index >= 15 is 0 Å². The molecule has 254 valence electrons. The number of benzene rings is 8. The first-order valence-electron chi connectivity index (χ1n) is 17.9. The van der Waals surface area contributed by atoms with Crippen LogP contribution in [-0.2, 0) is 0 Å². The van der Waals surface area contributed by atoms with Crippen LogP contribution in [0.15, 0.2) is 188 Å². The van der Waals surface area contributed by atoms with Gasteiger partial charge in [0.25, 0.3) is 0 Å².